The molecule has 47 heavy (non-hydrogen) atoms. The van der Waals surface area contributed by atoms with Gasteiger partial charge in [-0.05, 0) is 49.6 Å². The Morgan fingerprint density at radius 2 is 1.60 bits per heavy atom. The lowest BCUT2D eigenvalue weighted by Crippen LogP contribution is -2.32. The fourth-order valence-corrected chi connectivity index (χ4v) is 4.73. The zero-order valence-corrected chi connectivity index (χ0v) is 25.6. The summed E-state index contributed by atoms with van der Waals surface area (Å²) in [4.78, 5) is 69.0. The number of non-ortho nitro benzene ring substituents is 1. The van der Waals surface area contributed by atoms with Gasteiger partial charge in [0.25, 0.3) is 17.5 Å². The molecule has 0 aliphatic carbocycles. The number of ether oxygens (including phenoxy) is 2. The summed E-state index contributed by atoms with van der Waals surface area (Å²) in [5.74, 6) is -1.73. The third-order valence-electron chi connectivity index (χ3n) is 6.70. The van der Waals surface area contributed by atoms with Crippen molar-refractivity contribution in [3.05, 3.63) is 81.4 Å². The Bertz CT molecular complexity index is 1990. The summed E-state index contributed by atoms with van der Waals surface area (Å²) in [6, 6.07) is 14.8. The summed E-state index contributed by atoms with van der Waals surface area (Å²) >= 11 is 0. The Kier molecular flexibility index (Phi) is 10.4. The molecule has 0 spiro atoms. The first kappa shape index (κ1) is 34.3. The Balaban J connectivity index is 0.000000930. The van der Waals surface area contributed by atoms with Crippen molar-refractivity contribution in [2.45, 2.75) is 39.5 Å². The third kappa shape index (κ3) is 8.80. The average Bonchev–Trinajstić information content (AvgIpc) is 3.30. The Hall–Kier alpha value is -5.55. The number of hydroxylamine groups is 2. The molecule has 0 saturated carbocycles. The normalized spacial score (nSPS) is 12.9. The van der Waals surface area contributed by atoms with E-state index in [-0.39, 0.29) is 49.3 Å². The summed E-state index contributed by atoms with van der Waals surface area (Å²) in [6.07, 6.45) is 0.251. The molecule has 3 aromatic carbocycles. The lowest BCUT2D eigenvalue weighted by molar-refractivity contribution is -0.385. The van der Waals surface area contributed by atoms with Crippen molar-refractivity contribution in [1.29, 1.82) is 0 Å². The highest BCUT2D eigenvalue weighted by molar-refractivity contribution is 7.80. The zero-order valence-electron chi connectivity index (χ0n) is 24.8. The number of halogens is 1. The highest BCUT2D eigenvalue weighted by atomic mass is 32.3. The number of hydrogen-bond donors (Lipinski definition) is 1. The zero-order chi connectivity index (χ0) is 34.5. The van der Waals surface area contributed by atoms with Crippen LogP contribution in [0.5, 0.6) is 11.5 Å². The SMILES string of the molecule is Cc1cc([N+](=O)[O-])cc(C)c1OC(=O)c1c2ccccc2nc2cc(OCCCC(=O)ON3C(=O)CCC3=O)ccc12.O=S(=O)(O)F. The van der Waals surface area contributed by atoms with E-state index in [0.717, 1.165) is 0 Å². The molecule has 1 aliphatic heterocycles. The van der Waals surface area contributed by atoms with E-state index >= 15 is 0 Å². The largest absolute Gasteiger partial charge is 0.494 e. The van der Waals surface area contributed by atoms with Crippen LogP contribution in [0.15, 0.2) is 54.6 Å². The van der Waals surface area contributed by atoms with Crippen molar-refractivity contribution in [2.75, 3.05) is 6.61 Å². The first-order chi connectivity index (χ1) is 22.1. The number of aromatic nitrogens is 1. The van der Waals surface area contributed by atoms with E-state index < -0.39 is 39.2 Å². The standard InChI is InChI=1S/C30H25N3O9.FHO3S/c1-17-14-19(33(38)39)15-18(2)29(17)41-30(37)28-21-6-3-4-7-23(21)31-24-16-20(9-10-22(24)28)40-13-5-8-27(36)42-32-25(34)11-12-26(32)35;1-5(2,3)4/h3-4,6-7,9-10,14-16H,5,8,11-13H2,1-2H3;(H,2,3,4). The number of hydrogen-bond acceptors (Lipinski definition) is 12. The minimum Gasteiger partial charge on any atom is -0.494 e. The Morgan fingerprint density at radius 1 is 1.00 bits per heavy atom. The van der Waals surface area contributed by atoms with Gasteiger partial charge in [-0.1, -0.05) is 22.1 Å². The molecule has 1 aromatic heterocycles. The highest BCUT2D eigenvalue weighted by Crippen LogP contribution is 2.33. The number of imide groups is 1. The Morgan fingerprint density at radius 3 is 2.21 bits per heavy atom. The minimum atomic E-state index is -5.17. The quantitative estimate of drug-likeness (QED) is 0.0296. The van der Waals surface area contributed by atoms with Gasteiger partial charge in [-0.3, -0.25) is 24.3 Å². The van der Waals surface area contributed by atoms with Gasteiger partial charge in [-0.25, -0.2) is 14.6 Å². The predicted octanol–water partition coefficient (Wildman–Crippen LogP) is 4.66. The molecule has 1 aliphatic rings. The molecular weight excluding hydrogens is 645 g/mol. The maximum absolute atomic E-state index is 13.6. The van der Waals surface area contributed by atoms with Crippen molar-refractivity contribution in [2.24, 2.45) is 0 Å². The molecule has 17 heteroatoms. The number of fused-ring (bicyclic) bond motifs is 2. The van der Waals surface area contributed by atoms with E-state index in [0.29, 0.717) is 43.7 Å². The maximum atomic E-state index is 13.6. The van der Waals surface area contributed by atoms with Crippen LogP contribution >= 0.6 is 0 Å². The molecular formula is C30H26FN3O12S. The summed E-state index contributed by atoms with van der Waals surface area (Å²) in [5, 5.41) is 12.8. The second-order valence-electron chi connectivity index (χ2n) is 10.1. The van der Waals surface area contributed by atoms with E-state index in [2.05, 4.69) is 4.98 Å². The number of nitro groups is 1. The molecule has 15 nitrogen and oxygen atoms in total. The Labute approximate surface area is 266 Å². The summed E-state index contributed by atoms with van der Waals surface area (Å²) in [7, 11) is -5.17. The number of aryl methyl sites for hydroxylation is 2. The van der Waals surface area contributed by atoms with E-state index in [4.69, 9.17) is 27.3 Å². The first-order valence-electron chi connectivity index (χ1n) is 13.8. The van der Waals surface area contributed by atoms with Crippen LogP contribution in [0, 0.1) is 24.0 Å². The smallest absolute Gasteiger partial charge is 0.435 e. The molecule has 1 fully saturated rings. The molecule has 4 aromatic rings. The molecule has 0 atom stereocenters. The van der Waals surface area contributed by atoms with E-state index in [9.17, 15) is 33.2 Å². The maximum Gasteiger partial charge on any atom is 0.435 e. The summed E-state index contributed by atoms with van der Waals surface area (Å²) in [5.41, 5.74) is 2.13. The summed E-state index contributed by atoms with van der Waals surface area (Å²) < 4.78 is 45.7. The number of nitrogens with zero attached hydrogens (tertiary/aromatic N) is 3. The molecule has 0 bridgehead atoms. The van der Waals surface area contributed by atoms with E-state index in [1.807, 2.05) is 0 Å². The van der Waals surface area contributed by atoms with Crippen molar-refractivity contribution in [3.8, 4) is 11.5 Å². The van der Waals surface area contributed by atoms with Crippen LogP contribution < -0.4 is 9.47 Å². The van der Waals surface area contributed by atoms with Gasteiger partial charge in [0.1, 0.15) is 11.5 Å². The van der Waals surface area contributed by atoms with Gasteiger partial charge in [-0.2, -0.15) is 8.42 Å². The van der Waals surface area contributed by atoms with Gasteiger partial charge in [-0.15, -0.1) is 5.06 Å². The molecule has 2 amide bonds. The van der Waals surface area contributed by atoms with Gasteiger partial charge >= 0.3 is 22.4 Å². The van der Waals surface area contributed by atoms with Crippen LogP contribution in [0.3, 0.4) is 0 Å². The molecule has 1 N–H and O–H groups in total. The minimum absolute atomic E-state index is 0.0241. The molecule has 246 valence electrons. The third-order valence-corrected chi connectivity index (χ3v) is 6.70. The fourth-order valence-electron chi connectivity index (χ4n) is 4.73. The lowest BCUT2D eigenvalue weighted by Gasteiger charge is -2.14. The van der Waals surface area contributed by atoms with Gasteiger partial charge < -0.3 is 14.3 Å². The first-order valence-corrected chi connectivity index (χ1v) is 15.1. The molecule has 0 unspecified atom stereocenters. The monoisotopic (exact) mass is 671 g/mol. The molecule has 0 radical (unpaired) electrons. The van der Waals surface area contributed by atoms with Crippen molar-refractivity contribution in [1.82, 2.24) is 10.0 Å². The number of para-hydroxylation sites is 1. The second kappa shape index (κ2) is 14.3. The van der Waals surface area contributed by atoms with E-state index in [1.54, 1.807) is 56.3 Å². The van der Waals surface area contributed by atoms with Crippen molar-refractivity contribution >= 4 is 61.8 Å². The highest BCUT2D eigenvalue weighted by Gasteiger charge is 2.32. The topological polar surface area (TPSA) is 210 Å². The van der Waals surface area contributed by atoms with Gasteiger partial charge in [0.05, 0.1) is 34.5 Å². The van der Waals surface area contributed by atoms with Crippen LogP contribution in [0.4, 0.5) is 9.57 Å². The van der Waals surface area contributed by atoms with Crippen LogP contribution in [0.2, 0.25) is 0 Å². The number of benzene rings is 3. The number of carbonyl (C=O) groups is 4. The van der Waals surface area contributed by atoms with Gasteiger partial charge in [0.2, 0.25) is 0 Å². The van der Waals surface area contributed by atoms with E-state index in [1.165, 1.54) is 12.1 Å². The predicted molar refractivity (Wildman–Crippen MR) is 161 cm³/mol. The van der Waals surface area contributed by atoms with Crippen molar-refractivity contribution < 1.29 is 55.3 Å². The number of rotatable bonds is 9. The molecule has 1 saturated heterocycles. The number of esters is 1. The van der Waals surface area contributed by atoms with Crippen LogP contribution in [-0.4, -0.2) is 58.3 Å². The van der Waals surface area contributed by atoms with Gasteiger partial charge in [0.15, 0.2) is 0 Å². The molecule has 2 heterocycles. The van der Waals surface area contributed by atoms with Gasteiger partial charge in [0, 0.05) is 41.8 Å². The molecule has 5 rings (SSSR count). The van der Waals surface area contributed by atoms with Crippen LogP contribution in [-0.2, 0) is 29.7 Å². The lowest BCUT2D eigenvalue weighted by atomic mass is 10.0. The fraction of sp³-hybridized carbons (Fsp3) is 0.233. The summed E-state index contributed by atoms with van der Waals surface area (Å²) in [6.45, 7) is 3.42. The number of nitro benzene ring substituents is 1. The van der Waals surface area contributed by atoms with Crippen LogP contribution in [0.25, 0.3) is 21.8 Å². The van der Waals surface area contributed by atoms with Crippen LogP contribution in [0.1, 0.15) is 47.2 Å². The second-order valence-corrected chi connectivity index (χ2v) is 11.0. The number of carbonyl (C=O) groups excluding carboxylic acids is 4. The van der Waals surface area contributed by atoms with Crippen molar-refractivity contribution in [3.63, 3.8) is 0 Å². The average molecular weight is 672 g/mol. The number of pyridine rings is 1. The number of amides is 2.